The number of aryl methyl sites for hydroxylation is 1. The minimum absolute atomic E-state index is 1.32. The van der Waals surface area contributed by atoms with Crippen molar-refractivity contribution in [2.45, 2.75) is 0 Å². The van der Waals surface area contributed by atoms with Crippen LogP contribution < -0.4 is 0 Å². The van der Waals surface area contributed by atoms with Crippen molar-refractivity contribution in [3.63, 3.8) is 0 Å². The second-order valence-electron chi connectivity index (χ2n) is 5.50. The Morgan fingerprint density at radius 3 is 1.50 bits per heavy atom. The molecule has 0 bridgehead atoms. The largest absolute Gasteiger partial charge is 0.344 e. The summed E-state index contributed by atoms with van der Waals surface area (Å²) in [6, 6.07) is 22.0. The predicted octanol–water partition coefficient (Wildman–Crippen LogP) is 5.08. The van der Waals surface area contributed by atoms with Gasteiger partial charge in [0, 0.05) is 28.9 Å². The molecule has 5 aromatic rings. The molecule has 0 radical (unpaired) electrons. The number of nitrogens with zero attached hydrogens (tertiary/aromatic N) is 1. The van der Waals surface area contributed by atoms with E-state index in [0.29, 0.717) is 0 Å². The van der Waals surface area contributed by atoms with Gasteiger partial charge >= 0.3 is 0 Å². The molecular formula is C19H13N. The van der Waals surface area contributed by atoms with Gasteiger partial charge in [0.05, 0.1) is 0 Å². The fraction of sp³-hybridized carbons (Fsp3) is 0.0526. The van der Waals surface area contributed by atoms with Gasteiger partial charge in [-0.3, -0.25) is 0 Å². The highest BCUT2D eigenvalue weighted by atomic mass is 14.9. The summed E-state index contributed by atoms with van der Waals surface area (Å²) in [5.41, 5.74) is 2.64. The zero-order chi connectivity index (χ0) is 13.3. The van der Waals surface area contributed by atoms with E-state index < -0.39 is 0 Å². The molecule has 0 spiro atoms. The van der Waals surface area contributed by atoms with E-state index in [0.717, 1.165) is 0 Å². The van der Waals surface area contributed by atoms with Gasteiger partial charge in [0.2, 0.25) is 0 Å². The van der Waals surface area contributed by atoms with Crippen LogP contribution in [0.1, 0.15) is 0 Å². The normalized spacial score (nSPS) is 12.2. The fourth-order valence-corrected chi connectivity index (χ4v) is 3.70. The molecule has 0 atom stereocenters. The van der Waals surface area contributed by atoms with Gasteiger partial charge in [-0.15, -0.1) is 0 Å². The van der Waals surface area contributed by atoms with Gasteiger partial charge in [-0.05, 0) is 33.7 Å². The minimum atomic E-state index is 1.32. The van der Waals surface area contributed by atoms with Crippen molar-refractivity contribution in [1.29, 1.82) is 0 Å². The van der Waals surface area contributed by atoms with E-state index in [-0.39, 0.29) is 0 Å². The number of rotatable bonds is 0. The summed E-state index contributed by atoms with van der Waals surface area (Å²) in [7, 11) is 2.16. The zero-order valence-corrected chi connectivity index (χ0v) is 11.2. The maximum absolute atomic E-state index is 2.31. The van der Waals surface area contributed by atoms with Crippen LogP contribution in [-0.4, -0.2) is 4.57 Å². The van der Waals surface area contributed by atoms with E-state index in [4.69, 9.17) is 0 Å². The molecule has 0 fully saturated rings. The van der Waals surface area contributed by atoms with Gasteiger partial charge in [0.1, 0.15) is 0 Å². The van der Waals surface area contributed by atoms with E-state index in [1.807, 2.05) is 0 Å². The van der Waals surface area contributed by atoms with E-state index in [9.17, 15) is 0 Å². The van der Waals surface area contributed by atoms with E-state index in [1.165, 1.54) is 43.4 Å². The Kier molecular flexibility index (Phi) is 1.70. The van der Waals surface area contributed by atoms with Crippen LogP contribution in [0.4, 0.5) is 0 Å². The van der Waals surface area contributed by atoms with Crippen molar-refractivity contribution in [2.75, 3.05) is 0 Å². The molecule has 0 N–H and O–H groups in total. The molecule has 20 heavy (non-hydrogen) atoms. The Balaban J connectivity index is 2.35. The van der Waals surface area contributed by atoms with Crippen LogP contribution in [0.15, 0.2) is 60.7 Å². The van der Waals surface area contributed by atoms with E-state index >= 15 is 0 Å². The molecule has 1 aromatic heterocycles. The first-order chi connectivity index (χ1) is 9.86. The van der Waals surface area contributed by atoms with Crippen LogP contribution in [0, 0.1) is 0 Å². The van der Waals surface area contributed by atoms with Crippen molar-refractivity contribution in [1.82, 2.24) is 4.57 Å². The molecule has 0 saturated carbocycles. The number of aromatic nitrogens is 1. The highest BCUT2D eigenvalue weighted by molar-refractivity contribution is 6.33. The Hall–Kier alpha value is -2.54. The first kappa shape index (κ1) is 10.3. The zero-order valence-electron chi connectivity index (χ0n) is 11.2. The van der Waals surface area contributed by atoms with E-state index in [2.05, 4.69) is 72.3 Å². The molecule has 0 unspecified atom stereocenters. The third-order valence-electron chi connectivity index (χ3n) is 4.57. The van der Waals surface area contributed by atoms with Crippen molar-refractivity contribution in [2.24, 2.45) is 7.05 Å². The average Bonchev–Trinajstić information content (AvgIpc) is 2.81. The molecule has 4 aromatic carbocycles. The first-order valence-corrected chi connectivity index (χ1v) is 6.96. The third kappa shape index (κ3) is 1.01. The van der Waals surface area contributed by atoms with Crippen LogP contribution >= 0.6 is 0 Å². The molecule has 0 amide bonds. The van der Waals surface area contributed by atoms with Gasteiger partial charge in [-0.1, -0.05) is 48.5 Å². The van der Waals surface area contributed by atoms with Crippen molar-refractivity contribution >= 4 is 43.4 Å². The second-order valence-corrected chi connectivity index (χ2v) is 5.50. The summed E-state index contributed by atoms with van der Waals surface area (Å²) in [5.74, 6) is 0. The SMILES string of the molecule is Cn1c2cccc3c4ccccc4c4cccc1c4c32. The number of hydrogen-bond acceptors (Lipinski definition) is 0. The summed E-state index contributed by atoms with van der Waals surface area (Å²) in [5, 5.41) is 8.23. The van der Waals surface area contributed by atoms with E-state index in [1.54, 1.807) is 0 Å². The van der Waals surface area contributed by atoms with Gasteiger partial charge < -0.3 is 4.57 Å². The van der Waals surface area contributed by atoms with Crippen LogP contribution in [0.2, 0.25) is 0 Å². The summed E-state index contributed by atoms with van der Waals surface area (Å²) >= 11 is 0. The molecule has 0 aliphatic rings. The maximum atomic E-state index is 2.31. The van der Waals surface area contributed by atoms with Crippen molar-refractivity contribution in [3.05, 3.63) is 60.7 Å². The average molecular weight is 255 g/mol. The van der Waals surface area contributed by atoms with Gasteiger partial charge in [-0.2, -0.15) is 0 Å². The van der Waals surface area contributed by atoms with Crippen molar-refractivity contribution < 1.29 is 0 Å². The molecule has 5 rings (SSSR count). The summed E-state index contributed by atoms with van der Waals surface area (Å²) in [6.45, 7) is 0. The number of benzene rings is 4. The lowest BCUT2D eigenvalue weighted by Gasteiger charge is -2.08. The van der Waals surface area contributed by atoms with Crippen LogP contribution in [0.3, 0.4) is 0 Å². The monoisotopic (exact) mass is 255 g/mol. The molecule has 94 valence electrons. The van der Waals surface area contributed by atoms with Crippen LogP contribution in [-0.2, 0) is 7.05 Å². The minimum Gasteiger partial charge on any atom is -0.344 e. The van der Waals surface area contributed by atoms with Crippen molar-refractivity contribution in [3.8, 4) is 0 Å². The highest BCUT2D eigenvalue weighted by Crippen LogP contribution is 2.41. The Morgan fingerprint density at radius 2 is 1.00 bits per heavy atom. The molecule has 0 aliphatic heterocycles. The van der Waals surface area contributed by atoms with Crippen LogP contribution in [0.25, 0.3) is 43.4 Å². The lowest BCUT2D eigenvalue weighted by Crippen LogP contribution is -1.85. The molecule has 1 heterocycles. The van der Waals surface area contributed by atoms with Gasteiger partial charge in [-0.25, -0.2) is 0 Å². The molecule has 0 saturated heterocycles. The standard InChI is InChI=1S/C19H13N/c1-20-16-10-4-8-14-12-6-2-3-7-13(12)15-9-5-11-17(20)19(15)18(14)16/h2-11H,1H3. The second kappa shape index (κ2) is 3.31. The van der Waals surface area contributed by atoms with Crippen LogP contribution in [0.5, 0.6) is 0 Å². The highest BCUT2D eigenvalue weighted by Gasteiger charge is 2.16. The quantitative estimate of drug-likeness (QED) is 0.340. The lowest BCUT2D eigenvalue weighted by molar-refractivity contribution is 1.01. The molecule has 1 nitrogen and oxygen atoms in total. The lowest BCUT2D eigenvalue weighted by atomic mass is 9.95. The maximum Gasteiger partial charge on any atom is 0.0495 e. The molecule has 0 aliphatic carbocycles. The molecule has 1 heteroatoms. The number of fused-ring (bicyclic) bond motifs is 3. The summed E-state index contributed by atoms with van der Waals surface area (Å²) < 4.78 is 2.31. The first-order valence-electron chi connectivity index (χ1n) is 6.96. The Morgan fingerprint density at radius 1 is 0.550 bits per heavy atom. The smallest absolute Gasteiger partial charge is 0.0495 e. The predicted molar refractivity (Wildman–Crippen MR) is 86.6 cm³/mol. The topological polar surface area (TPSA) is 4.93 Å². The summed E-state index contributed by atoms with van der Waals surface area (Å²) in [4.78, 5) is 0. The Bertz CT molecular complexity index is 1010. The van der Waals surface area contributed by atoms with Gasteiger partial charge in [0.25, 0.3) is 0 Å². The molecular weight excluding hydrogens is 242 g/mol. The fourth-order valence-electron chi connectivity index (χ4n) is 3.70. The summed E-state index contributed by atoms with van der Waals surface area (Å²) in [6.07, 6.45) is 0. The Labute approximate surface area is 116 Å². The number of hydrogen-bond donors (Lipinski definition) is 0. The third-order valence-corrected chi connectivity index (χ3v) is 4.57. The van der Waals surface area contributed by atoms with Gasteiger partial charge in [0.15, 0.2) is 0 Å².